The largest absolute Gasteiger partial charge is 0.394 e. The van der Waals surface area contributed by atoms with E-state index in [4.69, 9.17) is 4.74 Å². The van der Waals surface area contributed by atoms with Crippen LogP contribution in [0.5, 0.6) is 0 Å². The van der Waals surface area contributed by atoms with Crippen molar-refractivity contribution in [1.82, 2.24) is 4.72 Å². The van der Waals surface area contributed by atoms with Gasteiger partial charge in [0.1, 0.15) is 0 Å². The van der Waals surface area contributed by atoms with Gasteiger partial charge in [0.2, 0.25) is 10.0 Å². The molecule has 96 valence electrons. The average Bonchev–Trinajstić information content (AvgIpc) is 2.35. The zero-order valence-electron chi connectivity index (χ0n) is 9.67. The highest BCUT2D eigenvalue weighted by atomic mass is 32.2. The summed E-state index contributed by atoms with van der Waals surface area (Å²) in [7, 11) is -2.00. The zero-order valence-corrected chi connectivity index (χ0v) is 10.5. The minimum Gasteiger partial charge on any atom is -0.394 e. The third-order valence-electron chi connectivity index (χ3n) is 2.26. The summed E-state index contributed by atoms with van der Waals surface area (Å²) in [4.78, 5) is 0. The van der Waals surface area contributed by atoms with Crippen LogP contribution in [0.4, 0.5) is 0 Å². The number of methoxy groups -OCH3 is 1. The molecule has 17 heavy (non-hydrogen) atoms. The van der Waals surface area contributed by atoms with Gasteiger partial charge < -0.3 is 9.84 Å². The SMILES string of the molecule is COCCS(=O)(=O)N[C@@H](CO)c1ccccc1. The van der Waals surface area contributed by atoms with Gasteiger partial charge in [-0.15, -0.1) is 0 Å². The quantitative estimate of drug-likeness (QED) is 0.738. The van der Waals surface area contributed by atoms with Crippen molar-refractivity contribution >= 4 is 10.0 Å². The van der Waals surface area contributed by atoms with E-state index in [1.165, 1.54) is 7.11 Å². The number of hydrogen-bond donors (Lipinski definition) is 2. The van der Waals surface area contributed by atoms with Gasteiger partial charge in [-0.25, -0.2) is 13.1 Å². The molecule has 0 radical (unpaired) electrons. The van der Waals surface area contributed by atoms with Gasteiger partial charge in [0.25, 0.3) is 0 Å². The summed E-state index contributed by atoms with van der Waals surface area (Å²) < 4.78 is 30.4. The van der Waals surface area contributed by atoms with E-state index in [2.05, 4.69) is 4.72 Å². The molecule has 1 rings (SSSR count). The van der Waals surface area contributed by atoms with E-state index in [1.54, 1.807) is 24.3 Å². The molecular formula is C11H17NO4S. The minimum absolute atomic E-state index is 0.118. The Labute approximate surface area is 101 Å². The number of benzene rings is 1. The Morgan fingerprint density at radius 2 is 2.00 bits per heavy atom. The van der Waals surface area contributed by atoms with Crippen LogP contribution in [-0.4, -0.2) is 39.6 Å². The fourth-order valence-electron chi connectivity index (χ4n) is 1.36. The second kappa shape index (κ2) is 6.70. The Balaban J connectivity index is 2.71. The van der Waals surface area contributed by atoms with Crippen LogP contribution >= 0.6 is 0 Å². The number of aliphatic hydroxyl groups is 1. The Hall–Kier alpha value is -0.950. The van der Waals surface area contributed by atoms with Gasteiger partial charge in [0, 0.05) is 7.11 Å². The smallest absolute Gasteiger partial charge is 0.214 e. The van der Waals surface area contributed by atoms with Gasteiger partial charge in [-0.2, -0.15) is 0 Å². The molecule has 5 nitrogen and oxygen atoms in total. The second-order valence-corrected chi connectivity index (χ2v) is 5.45. The first-order valence-corrected chi connectivity index (χ1v) is 6.89. The Kier molecular flexibility index (Phi) is 5.57. The molecule has 0 spiro atoms. The van der Waals surface area contributed by atoms with Crippen molar-refractivity contribution in [2.75, 3.05) is 26.1 Å². The summed E-state index contributed by atoms with van der Waals surface area (Å²) in [5.41, 5.74) is 0.732. The zero-order chi connectivity index (χ0) is 12.7. The Bertz CT molecular complexity index is 418. The fraction of sp³-hybridized carbons (Fsp3) is 0.455. The molecule has 1 aromatic rings. The summed E-state index contributed by atoms with van der Waals surface area (Å²) in [5, 5.41) is 9.21. The van der Waals surface area contributed by atoms with Crippen molar-refractivity contribution in [3.8, 4) is 0 Å². The molecule has 0 heterocycles. The first-order valence-electron chi connectivity index (χ1n) is 5.24. The van der Waals surface area contributed by atoms with Crippen molar-refractivity contribution in [3.05, 3.63) is 35.9 Å². The summed E-state index contributed by atoms with van der Waals surface area (Å²) in [6.07, 6.45) is 0. The van der Waals surface area contributed by atoms with Gasteiger partial charge in [-0.1, -0.05) is 30.3 Å². The maximum atomic E-state index is 11.6. The molecule has 0 fully saturated rings. The highest BCUT2D eigenvalue weighted by Crippen LogP contribution is 2.12. The van der Waals surface area contributed by atoms with Crippen molar-refractivity contribution in [3.63, 3.8) is 0 Å². The summed E-state index contributed by atoms with van der Waals surface area (Å²) >= 11 is 0. The van der Waals surface area contributed by atoms with E-state index < -0.39 is 16.1 Å². The lowest BCUT2D eigenvalue weighted by molar-refractivity contribution is 0.216. The monoisotopic (exact) mass is 259 g/mol. The topological polar surface area (TPSA) is 75.6 Å². The van der Waals surface area contributed by atoms with E-state index in [-0.39, 0.29) is 19.0 Å². The van der Waals surface area contributed by atoms with Gasteiger partial charge >= 0.3 is 0 Å². The van der Waals surface area contributed by atoms with Crippen LogP contribution in [0.15, 0.2) is 30.3 Å². The third kappa shape index (κ3) is 4.82. The molecule has 0 saturated carbocycles. The standard InChI is InChI=1S/C11H17NO4S/c1-16-7-8-17(14,15)12-11(9-13)10-5-3-2-4-6-10/h2-6,11-13H,7-9H2,1H3/t11-/m0/s1. The molecular weight excluding hydrogens is 242 g/mol. The lowest BCUT2D eigenvalue weighted by Gasteiger charge is -2.16. The maximum Gasteiger partial charge on any atom is 0.214 e. The molecule has 1 aromatic carbocycles. The minimum atomic E-state index is -3.44. The molecule has 1 atom stereocenters. The molecule has 0 aliphatic heterocycles. The molecule has 0 amide bonds. The van der Waals surface area contributed by atoms with Crippen LogP contribution < -0.4 is 4.72 Å². The van der Waals surface area contributed by atoms with Crippen LogP contribution in [0.2, 0.25) is 0 Å². The number of rotatable bonds is 7. The summed E-state index contributed by atoms with van der Waals surface area (Å²) in [6.45, 7) is -0.154. The predicted octanol–water partition coefficient (Wildman–Crippen LogP) is 0.286. The van der Waals surface area contributed by atoms with E-state index in [1.807, 2.05) is 6.07 Å². The van der Waals surface area contributed by atoms with Crippen molar-refractivity contribution in [2.45, 2.75) is 6.04 Å². The van der Waals surface area contributed by atoms with E-state index in [0.29, 0.717) is 0 Å². The maximum absolute atomic E-state index is 11.6. The molecule has 0 aliphatic rings. The molecule has 0 aliphatic carbocycles. The first kappa shape index (κ1) is 14.1. The highest BCUT2D eigenvalue weighted by Gasteiger charge is 2.18. The lowest BCUT2D eigenvalue weighted by atomic mass is 10.1. The van der Waals surface area contributed by atoms with Crippen LogP contribution in [0, 0.1) is 0 Å². The normalized spacial score (nSPS) is 13.5. The fourth-order valence-corrected chi connectivity index (χ4v) is 2.51. The number of hydrogen-bond acceptors (Lipinski definition) is 4. The third-order valence-corrected chi connectivity index (χ3v) is 3.61. The Morgan fingerprint density at radius 3 is 2.53 bits per heavy atom. The van der Waals surface area contributed by atoms with E-state index in [9.17, 15) is 13.5 Å². The average molecular weight is 259 g/mol. The highest BCUT2D eigenvalue weighted by molar-refractivity contribution is 7.89. The van der Waals surface area contributed by atoms with Crippen LogP contribution in [0.3, 0.4) is 0 Å². The number of aliphatic hydroxyl groups excluding tert-OH is 1. The van der Waals surface area contributed by atoms with Crippen molar-refractivity contribution < 1.29 is 18.3 Å². The number of sulfonamides is 1. The molecule has 0 saturated heterocycles. The number of ether oxygens (including phenoxy) is 1. The molecule has 2 N–H and O–H groups in total. The number of nitrogens with one attached hydrogen (secondary N) is 1. The Morgan fingerprint density at radius 1 is 1.35 bits per heavy atom. The van der Waals surface area contributed by atoms with Crippen LogP contribution in [0.25, 0.3) is 0 Å². The molecule has 0 aromatic heterocycles. The van der Waals surface area contributed by atoms with Crippen molar-refractivity contribution in [1.29, 1.82) is 0 Å². The predicted molar refractivity (Wildman–Crippen MR) is 65.1 cm³/mol. The van der Waals surface area contributed by atoms with Gasteiger partial charge in [-0.3, -0.25) is 0 Å². The van der Waals surface area contributed by atoms with E-state index in [0.717, 1.165) is 5.56 Å². The van der Waals surface area contributed by atoms with Crippen LogP contribution in [-0.2, 0) is 14.8 Å². The molecule has 0 unspecified atom stereocenters. The summed E-state index contributed by atoms with van der Waals surface area (Å²) in [5.74, 6) is -0.118. The van der Waals surface area contributed by atoms with Crippen molar-refractivity contribution in [2.24, 2.45) is 0 Å². The first-order chi connectivity index (χ1) is 8.09. The summed E-state index contributed by atoms with van der Waals surface area (Å²) in [6, 6.07) is 8.33. The van der Waals surface area contributed by atoms with Gasteiger partial charge in [0.15, 0.2) is 0 Å². The lowest BCUT2D eigenvalue weighted by Crippen LogP contribution is -2.33. The second-order valence-electron chi connectivity index (χ2n) is 3.58. The van der Waals surface area contributed by atoms with Gasteiger partial charge in [0.05, 0.1) is 25.0 Å². The molecule has 0 bridgehead atoms. The van der Waals surface area contributed by atoms with E-state index >= 15 is 0 Å². The van der Waals surface area contributed by atoms with Crippen LogP contribution in [0.1, 0.15) is 11.6 Å². The van der Waals surface area contributed by atoms with Gasteiger partial charge in [-0.05, 0) is 5.56 Å². The molecule has 6 heteroatoms.